The molecule has 0 aliphatic heterocycles. The van der Waals surface area contributed by atoms with Gasteiger partial charge in [0.15, 0.2) is 5.78 Å². The smallest absolute Gasteiger partial charge is 0.159 e. The van der Waals surface area contributed by atoms with Crippen molar-refractivity contribution in [3.8, 4) is 0 Å². The van der Waals surface area contributed by atoms with Crippen LogP contribution in [0.15, 0.2) is 11.3 Å². The topological polar surface area (TPSA) is 37.3 Å². The molecule has 0 saturated heterocycles. The second-order valence-corrected chi connectivity index (χ2v) is 4.12. The van der Waals surface area contributed by atoms with Crippen LogP contribution < -0.4 is 0 Å². The molecule has 0 radical (unpaired) electrons. The Balaban J connectivity index is 3.04. The molecule has 68 valence electrons. The second-order valence-electron chi connectivity index (χ2n) is 4.12. The van der Waals surface area contributed by atoms with E-state index in [2.05, 4.69) is 0 Å². The van der Waals surface area contributed by atoms with Crippen molar-refractivity contribution < 1.29 is 9.90 Å². The van der Waals surface area contributed by atoms with Crippen molar-refractivity contribution in [1.82, 2.24) is 0 Å². The van der Waals surface area contributed by atoms with Crippen LogP contribution in [0.3, 0.4) is 0 Å². The maximum absolute atomic E-state index is 11.1. The van der Waals surface area contributed by atoms with Crippen molar-refractivity contribution >= 4 is 5.78 Å². The fourth-order valence-electron chi connectivity index (χ4n) is 1.70. The average molecular weight is 168 g/mol. The first-order valence-electron chi connectivity index (χ1n) is 4.38. The van der Waals surface area contributed by atoms with Gasteiger partial charge < -0.3 is 5.11 Å². The molecule has 0 aromatic rings. The molecular formula is C10H16O2. The van der Waals surface area contributed by atoms with Gasteiger partial charge in [0, 0.05) is 11.0 Å². The SMILES string of the molecule is CC(=O)C1=C(O)C(C)(C)CCC1. The van der Waals surface area contributed by atoms with Crippen molar-refractivity contribution in [2.24, 2.45) is 5.41 Å². The first-order valence-corrected chi connectivity index (χ1v) is 4.38. The molecule has 0 atom stereocenters. The number of allylic oxidation sites excluding steroid dienone is 2. The molecule has 12 heavy (non-hydrogen) atoms. The van der Waals surface area contributed by atoms with Gasteiger partial charge in [0.25, 0.3) is 0 Å². The lowest BCUT2D eigenvalue weighted by molar-refractivity contribution is -0.114. The molecule has 0 aromatic heterocycles. The molecule has 0 bridgehead atoms. The molecule has 0 amide bonds. The van der Waals surface area contributed by atoms with Crippen LogP contribution in [-0.4, -0.2) is 10.9 Å². The Hall–Kier alpha value is -0.790. The number of rotatable bonds is 1. The molecule has 1 aliphatic rings. The molecule has 0 heterocycles. The van der Waals surface area contributed by atoms with E-state index in [1.165, 1.54) is 6.92 Å². The molecule has 1 aliphatic carbocycles. The van der Waals surface area contributed by atoms with Crippen LogP contribution in [0.25, 0.3) is 0 Å². The van der Waals surface area contributed by atoms with Gasteiger partial charge in [-0.3, -0.25) is 4.79 Å². The molecule has 1 N–H and O–H groups in total. The minimum absolute atomic E-state index is 0.0141. The number of Topliss-reactive ketones (excluding diaryl/α,β-unsaturated/α-hetero) is 1. The summed E-state index contributed by atoms with van der Waals surface area (Å²) in [6, 6.07) is 0. The Morgan fingerprint density at radius 2 is 2.08 bits per heavy atom. The summed E-state index contributed by atoms with van der Waals surface area (Å²) in [4.78, 5) is 11.1. The number of hydrogen-bond donors (Lipinski definition) is 1. The van der Waals surface area contributed by atoms with E-state index in [1.807, 2.05) is 13.8 Å². The zero-order chi connectivity index (χ0) is 9.35. The standard InChI is InChI=1S/C10H16O2/c1-7(11)8-5-4-6-10(2,3)9(8)12/h12H,4-6H2,1-3H3. The van der Waals surface area contributed by atoms with Crippen LogP contribution in [0, 0.1) is 5.41 Å². The second kappa shape index (κ2) is 2.92. The van der Waals surface area contributed by atoms with Crippen molar-refractivity contribution in [1.29, 1.82) is 0 Å². The number of ketones is 1. The van der Waals surface area contributed by atoms with Crippen LogP contribution in [0.2, 0.25) is 0 Å². The van der Waals surface area contributed by atoms with Gasteiger partial charge in [0.05, 0.1) is 0 Å². The Labute approximate surface area is 73.3 Å². The van der Waals surface area contributed by atoms with Gasteiger partial charge in [-0.2, -0.15) is 0 Å². The first kappa shape index (κ1) is 9.30. The highest BCUT2D eigenvalue weighted by Crippen LogP contribution is 2.38. The van der Waals surface area contributed by atoms with Gasteiger partial charge in [-0.15, -0.1) is 0 Å². The zero-order valence-corrected chi connectivity index (χ0v) is 7.98. The number of aliphatic hydroxyl groups is 1. The predicted molar refractivity (Wildman–Crippen MR) is 48.0 cm³/mol. The molecule has 0 fully saturated rings. The van der Waals surface area contributed by atoms with Gasteiger partial charge in [-0.1, -0.05) is 13.8 Å². The summed E-state index contributed by atoms with van der Waals surface area (Å²) in [6.45, 7) is 5.47. The van der Waals surface area contributed by atoms with Gasteiger partial charge in [-0.05, 0) is 26.2 Å². The monoisotopic (exact) mass is 168 g/mol. The molecular weight excluding hydrogens is 152 g/mol. The third kappa shape index (κ3) is 1.52. The lowest BCUT2D eigenvalue weighted by atomic mass is 9.77. The van der Waals surface area contributed by atoms with Crippen LogP contribution in [0.1, 0.15) is 40.0 Å². The lowest BCUT2D eigenvalue weighted by Crippen LogP contribution is -2.23. The van der Waals surface area contributed by atoms with Gasteiger partial charge in [0.1, 0.15) is 5.76 Å². The van der Waals surface area contributed by atoms with E-state index in [1.54, 1.807) is 0 Å². The summed E-state index contributed by atoms with van der Waals surface area (Å²) < 4.78 is 0. The normalized spacial score (nSPS) is 22.6. The minimum Gasteiger partial charge on any atom is -0.511 e. The fourth-order valence-corrected chi connectivity index (χ4v) is 1.70. The van der Waals surface area contributed by atoms with Crippen LogP contribution in [0.4, 0.5) is 0 Å². The molecule has 2 nitrogen and oxygen atoms in total. The summed E-state index contributed by atoms with van der Waals surface area (Å²) in [5, 5.41) is 9.73. The van der Waals surface area contributed by atoms with Gasteiger partial charge >= 0.3 is 0 Å². The number of aliphatic hydroxyl groups excluding tert-OH is 1. The maximum atomic E-state index is 11.1. The number of carbonyl (C=O) groups is 1. The Morgan fingerprint density at radius 3 is 2.50 bits per heavy atom. The van der Waals surface area contributed by atoms with E-state index in [9.17, 15) is 9.90 Å². The van der Waals surface area contributed by atoms with E-state index in [-0.39, 0.29) is 11.2 Å². The van der Waals surface area contributed by atoms with Gasteiger partial charge in [-0.25, -0.2) is 0 Å². The van der Waals surface area contributed by atoms with E-state index in [0.717, 1.165) is 19.3 Å². The Kier molecular flexibility index (Phi) is 2.27. The zero-order valence-electron chi connectivity index (χ0n) is 7.98. The Bertz CT molecular complexity index is 236. The number of carbonyl (C=O) groups excluding carboxylic acids is 1. The van der Waals surface area contributed by atoms with Crippen molar-refractivity contribution in [2.45, 2.75) is 40.0 Å². The summed E-state index contributed by atoms with van der Waals surface area (Å²) in [5.74, 6) is 0.321. The lowest BCUT2D eigenvalue weighted by Gasteiger charge is -2.30. The third-order valence-corrected chi connectivity index (χ3v) is 2.58. The molecule has 0 unspecified atom stereocenters. The highest BCUT2D eigenvalue weighted by Gasteiger charge is 2.31. The number of hydrogen-bond acceptors (Lipinski definition) is 2. The molecule has 0 saturated carbocycles. The van der Waals surface area contributed by atoms with Crippen molar-refractivity contribution in [3.63, 3.8) is 0 Å². The summed E-state index contributed by atoms with van der Waals surface area (Å²) in [6.07, 6.45) is 2.71. The fraction of sp³-hybridized carbons (Fsp3) is 0.700. The van der Waals surface area contributed by atoms with E-state index >= 15 is 0 Å². The van der Waals surface area contributed by atoms with Crippen LogP contribution in [-0.2, 0) is 4.79 Å². The van der Waals surface area contributed by atoms with E-state index < -0.39 is 0 Å². The average Bonchev–Trinajstić information content (AvgIpc) is 1.94. The predicted octanol–water partition coefficient (Wildman–Crippen LogP) is 2.60. The highest BCUT2D eigenvalue weighted by molar-refractivity contribution is 5.94. The first-order chi connectivity index (χ1) is 5.45. The third-order valence-electron chi connectivity index (χ3n) is 2.58. The summed E-state index contributed by atoms with van der Waals surface area (Å²) in [5.41, 5.74) is 0.436. The quantitative estimate of drug-likeness (QED) is 0.653. The summed E-state index contributed by atoms with van der Waals surface area (Å²) >= 11 is 0. The maximum Gasteiger partial charge on any atom is 0.159 e. The molecule has 0 spiro atoms. The largest absolute Gasteiger partial charge is 0.511 e. The molecule has 1 rings (SSSR count). The molecule has 0 aromatic carbocycles. The molecule has 2 heteroatoms. The van der Waals surface area contributed by atoms with Crippen molar-refractivity contribution in [2.75, 3.05) is 0 Å². The summed E-state index contributed by atoms with van der Waals surface area (Å²) in [7, 11) is 0. The highest BCUT2D eigenvalue weighted by atomic mass is 16.3. The van der Waals surface area contributed by atoms with Crippen LogP contribution in [0.5, 0.6) is 0 Å². The Morgan fingerprint density at radius 1 is 1.50 bits per heavy atom. The van der Waals surface area contributed by atoms with E-state index in [0.29, 0.717) is 11.3 Å². The van der Waals surface area contributed by atoms with E-state index in [4.69, 9.17) is 0 Å². The van der Waals surface area contributed by atoms with Gasteiger partial charge in [0.2, 0.25) is 0 Å². The van der Waals surface area contributed by atoms with Crippen molar-refractivity contribution in [3.05, 3.63) is 11.3 Å². The van der Waals surface area contributed by atoms with Crippen LogP contribution >= 0.6 is 0 Å². The minimum atomic E-state index is -0.195.